The van der Waals surface area contributed by atoms with Crippen LogP contribution in [-0.2, 0) is 13.1 Å². The van der Waals surface area contributed by atoms with E-state index < -0.39 is 6.10 Å². The highest BCUT2D eigenvalue weighted by Crippen LogP contribution is 2.33. The van der Waals surface area contributed by atoms with Gasteiger partial charge in [0, 0.05) is 24.7 Å². The predicted octanol–water partition coefficient (Wildman–Crippen LogP) is 4.65. The topological polar surface area (TPSA) is 51.2 Å². The van der Waals surface area contributed by atoms with Crippen molar-refractivity contribution in [2.24, 2.45) is 0 Å². The first-order valence-corrected chi connectivity index (χ1v) is 10.3. The maximum Gasteiger partial charge on any atom is 0.231 e. The zero-order valence-electron chi connectivity index (χ0n) is 16.8. The number of halogens is 2. The largest absolute Gasteiger partial charge is 0.491 e. The summed E-state index contributed by atoms with van der Waals surface area (Å²) in [6.45, 7) is 1.86. The Labute approximate surface area is 185 Å². The number of nitrogens with zero attached hydrogens (tertiary/aromatic N) is 1. The van der Waals surface area contributed by atoms with Crippen LogP contribution in [-0.4, -0.2) is 36.1 Å². The van der Waals surface area contributed by atoms with Gasteiger partial charge >= 0.3 is 0 Å². The Balaban J connectivity index is 1.42. The Morgan fingerprint density at radius 1 is 0.935 bits per heavy atom. The number of aliphatic hydroxyl groups excluding tert-OH is 1. The number of benzene rings is 3. The third-order valence-electron chi connectivity index (χ3n) is 4.89. The van der Waals surface area contributed by atoms with E-state index in [4.69, 9.17) is 25.8 Å². The summed E-state index contributed by atoms with van der Waals surface area (Å²) in [5.74, 6) is 1.81. The smallest absolute Gasteiger partial charge is 0.231 e. The summed E-state index contributed by atoms with van der Waals surface area (Å²) in [6.07, 6.45) is -0.717. The molecule has 1 aliphatic rings. The first kappa shape index (κ1) is 21.4. The molecule has 1 heterocycles. The van der Waals surface area contributed by atoms with Crippen molar-refractivity contribution in [3.8, 4) is 17.2 Å². The maximum atomic E-state index is 13.3. The van der Waals surface area contributed by atoms with E-state index in [1.807, 2.05) is 18.2 Å². The molecule has 1 unspecified atom stereocenters. The summed E-state index contributed by atoms with van der Waals surface area (Å²) in [7, 11) is 0. The molecule has 3 aromatic rings. The lowest BCUT2D eigenvalue weighted by molar-refractivity contribution is 0.0628. The van der Waals surface area contributed by atoms with E-state index in [2.05, 4.69) is 4.90 Å². The van der Waals surface area contributed by atoms with Gasteiger partial charge in [0.25, 0.3) is 0 Å². The van der Waals surface area contributed by atoms with Gasteiger partial charge in [-0.15, -0.1) is 0 Å². The molecule has 31 heavy (non-hydrogen) atoms. The van der Waals surface area contributed by atoms with E-state index in [0.29, 0.717) is 36.2 Å². The van der Waals surface area contributed by atoms with Gasteiger partial charge in [-0.1, -0.05) is 29.8 Å². The highest BCUT2D eigenvalue weighted by atomic mass is 35.5. The van der Waals surface area contributed by atoms with E-state index >= 15 is 0 Å². The third kappa shape index (κ3) is 6.10. The van der Waals surface area contributed by atoms with Gasteiger partial charge in [-0.3, -0.25) is 4.90 Å². The molecule has 3 aromatic carbocycles. The number of hydrogen-bond acceptors (Lipinski definition) is 5. The molecule has 0 saturated heterocycles. The van der Waals surface area contributed by atoms with Gasteiger partial charge in [-0.25, -0.2) is 4.39 Å². The molecule has 1 atom stereocenters. The van der Waals surface area contributed by atoms with Gasteiger partial charge in [0.15, 0.2) is 11.5 Å². The molecule has 1 aliphatic heterocycles. The van der Waals surface area contributed by atoms with Crippen molar-refractivity contribution < 1.29 is 23.7 Å². The summed E-state index contributed by atoms with van der Waals surface area (Å²) in [5, 5.41) is 11.2. The first-order valence-electron chi connectivity index (χ1n) is 9.97. The Kier molecular flexibility index (Phi) is 6.92. The Hall–Kier alpha value is -2.80. The highest BCUT2D eigenvalue weighted by Gasteiger charge is 2.17. The molecular formula is C24H23ClFNO4. The molecule has 162 valence electrons. The summed E-state index contributed by atoms with van der Waals surface area (Å²) in [6, 6.07) is 19.2. The SMILES string of the molecule is OC(COc1ccc(Cl)cc1)CN(Cc1ccc(F)cc1)Cc1ccc2c(c1)OCO2. The van der Waals surface area contributed by atoms with Gasteiger partial charge < -0.3 is 19.3 Å². The lowest BCUT2D eigenvalue weighted by Crippen LogP contribution is -2.35. The van der Waals surface area contributed by atoms with Crippen LogP contribution in [0, 0.1) is 5.82 Å². The van der Waals surface area contributed by atoms with E-state index in [0.717, 1.165) is 16.9 Å². The van der Waals surface area contributed by atoms with E-state index in [1.165, 1.54) is 12.1 Å². The lowest BCUT2D eigenvalue weighted by atomic mass is 10.1. The van der Waals surface area contributed by atoms with Crippen molar-refractivity contribution in [3.63, 3.8) is 0 Å². The molecule has 0 radical (unpaired) electrons. The van der Waals surface area contributed by atoms with E-state index in [1.54, 1.807) is 36.4 Å². The standard InChI is InChI=1S/C24H23ClFNO4/c25-19-4-8-22(9-5-19)29-15-21(28)14-27(12-17-1-6-20(26)7-2-17)13-18-3-10-23-24(11-18)31-16-30-23/h1-11,21,28H,12-16H2. The van der Waals surface area contributed by atoms with Crippen LogP contribution in [0.1, 0.15) is 11.1 Å². The Morgan fingerprint density at radius 3 is 2.39 bits per heavy atom. The molecule has 0 saturated carbocycles. The molecule has 4 rings (SSSR count). The third-order valence-corrected chi connectivity index (χ3v) is 5.14. The highest BCUT2D eigenvalue weighted by molar-refractivity contribution is 6.30. The van der Waals surface area contributed by atoms with Gasteiger partial charge in [0.1, 0.15) is 24.3 Å². The number of hydrogen-bond donors (Lipinski definition) is 1. The number of rotatable bonds is 9. The van der Waals surface area contributed by atoms with Crippen LogP contribution in [0.5, 0.6) is 17.2 Å². The van der Waals surface area contributed by atoms with Crippen LogP contribution in [0.3, 0.4) is 0 Å². The fraction of sp³-hybridized carbons (Fsp3) is 0.250. The second-order valence-corrected chi connectivity index (χ2v) is 7.84. The molecular weight excluding hydrogens is 421 g/mol. The van der Waals surface area contributed by atoms with E-state index in [-0.39, 0.29) is 19.2 Å². The fourth-order valence-corrected chi connectivity index (χ4v) is 3.53. The average Bonchev–Trinajstić information content (AvgIpc) is 3.23. The van der Waals surface area contributed by atoms with Crippen LogP contribution in [0.15, 0.2) is 66.7 Å². The average molecular weight is 444 g/mol. The van der Waals surface area contributed by atoms with Crippen LogP contribution in [0.4, 0.5) is 4.39 Å². The second kappa shape index (κ2) is 10.0. The minimum atomic E-state index is -0.717. The molecule has 0 amide bonds. The summed E-state index contributed by atoms with van der Waals surface area (Å²) < 4.78 is 29.8. The summed E-state index contributed by atoms with van der Waals surface area (Å²) in [5.41, 5.74) is 1.98. The number of aliphatic hydroxyl groups is 1. The van der Waals surface area contributed by atoms with Crippen molar-refractivity contribution in [2.45, 2.75) is 19.2 Å². The van der Waals surface area contributed by atoms with Gasteiger partial charge in [-0.05, 0) is 59.7 Å². The molecule has 5 nitrogen and oxygen atoms in total. The zero-order chi connectivity index (χ0) is 21.6. The minimum Gasteiger partial charge on any atom is -0.491 e. The van der Waals surface area contributed by atoms with Crippen LogP contribution >= 0.6 is 11.6 Å². The summed E-state index contributed by atoms with van der Waals surface area (Å²) in [4.78, 5) is 2.08. The van der Waals surface area contributed by atoms with Crippen LogP contribution in [0.25, 0.3) is 0 Å². The lowest BCUT2D eigenvalue weighted by Gasteiger charge is -2.25. The van der Waals surface area contributed by atoms with Crippen molar-refractivity contribution in [3.05, 3.63) is 88.7 Å². The predicted molar refractivity (Wildman–Crippen MR) is 116 cm³/mol. The normalized spacial score (nSPS) is 13.4. The van der Waals surface area contributed by atoms with Gasteiger partial charge in [0.05, 0.1) is 0 Å². The second-order valence-electron chi connectivity index (χ2n) is 7.40. The Bertz CT molecular complexity index is 997. The van der Waals surface area contributed by atoms with Gasteiger partial charge in [-0.2, -0.15) is 0 Å². The number of fused-ring (bicyclic) bond motifs is 1. The first-order chi connectivity index (χ1) is 15.0. The Morgan fingerprint density at radius 2 is 1.61 bits per heavy atom. The molecule has 1 N–H and O–H groups in total. The molecule has 0 fully saturated rings. The monoisotopic (exact) mass is 443 g/mol. The minimum absolute atomic E-state index is 0.142. The van der Waals surface area contributed by atoms with Crippen molar-refractivity contribution in [1.82, 2.24) is 4.90 Å². The zero-order valence-corrected chi connectivity index (χ0v) is 17.6. The summed E-state index contributed by atoms with van der Waals surface area (Å²) >= 11 is 5.89. The van der Waals surface area contributed by atoms with Crippen molar-refractivity contribution in [2.75, 3.05) is 19.9 Å². The van der Waals surface area contributed by atoms with E-state index in [9.17, 15) is 9.50 Å². The van der Waals surface area contributed by atoms with Gasteiger partial charge in [0.2, 0.25) is 6.79 Å². The van der Waals surface area contributed by atoms with Crippen molar-refractivity contribution >= 4 is 11.6 Å². The quantitative estimate of drug-likeness (QED) is 0.521. The van der Waals surface area contributed by atoms with Crippen LogP contribution < -0.4 is 14.2 Å². The molecule has 0 aromatic heterocycles. The fourth-order valence-electron chi connectivity index (χ4n) is 3.40. The van der Waals surface area contributed by atoms with Crippen molar-refractivity contribution in [1.29, 1.82) is 0 Å². The molecule has 0 bridgehead atoms. The number of ether oxygens (including phenoxy) is 3. The molecule has 7 heteroatoms. The van der Waals surface area contributed by atoms with Crippen LogP contribution in [0.2, 0.25) is 5.02 Å². The molecule has 0 aliphatic carbocycles. The maximum absolute atomic E-state index is 13.3. The molecule has 0 spiro atoms.